The predicted octanol–water partition coefficient (Wildman–Crippen LogP) is 6.14. The second-order valence-corrected chi connectivity index (χ2v) is 14.6. The van der Waals surface area contributed by atoms with Gasteiger partial charge in [-0.15, -0.1) is 0 Å². The second kappa shape index (κ2) is 12.4. The van der Waals surface area contributed by atoms with E-state index in [2.05, 4.69) is 27.2 Å². The molecule has 0 unspecified atom stereocenters. The summed E-state index contributed by atoms with van der Waals surface area (Å²) in [6.07, 6.45) is -3.49. The number of nitrogens with one attached hydrogen (secondary N) is 1. The Kier molecular flexibility index (Phi) is 8.94. The van der Waals surface area contributed by atoms with Gasteiger partial charge in [0.2, 0.25) is 0 Å². The number of nitrogen functional groups attached to an aromatic ring is 1. The molecule has 0 bridgehead atoms. The summed E-state index contributed by atoms with van der Waals surface area (Å²) in [5, 5.41) is 16.0. The van der Waals surface area contributed by atoms with Crippen LogP contribution in [0.2, 0.25) is 5.02 Å². The summed E-state index contributed by atoms with van der Waals surface area (Å²) in [6.45, 7) is 2.13. The molecule has 4 N–H and O–H groups in total. The molecular weight excluding hydrogens is 650 g/mol. The molecule has 242 valence electrons. The van der Waals surface area contributed by atoms with Crippen LogP contribution in [0.15, 0.2) is 42.5 Å². The van der Waals surface area contributed by atoms with Crippen LogP contribution in [-0.4, -0.2) is 50.8 Å². The first-order valence-corrected chi connectivity index (χ1v) is 15.9. The summed E-state index contributed by atoms with van der Waals surface area (Å²) in [5.74, 6) is 3.66. The van der Waals surface area contributed by atoms with E-state index in [1.165, 1.54) is 38.1 Å². The highest BCUT2D eigenvalue weighted by atomic mass is 35.5. The van der Waals surface area contributed by atoms with Gasteiger partial charge in [0.25, 0.3) is 6.43 Å². The van der Waals surface area contributed by atoms with Crippen molar-refractivity contribution in [3.8, 4) is 23.0 Å². The first-order valence-electron chi connectivity index (χ1n) is 14.0. The lowest BCUT2D eigenvalue weighted by molar-refractivity contribution is 0.123. The van der Waals surface area contributed by atoms with Gasteiger partial charge in [0, 0.05) is 17.2 Å². The van der Waals surface area contributed by atoms with Gasteiger partial charge in [0.05, 0.1) is 32.9 Å². The van der Waals surface area contributed by atoms with Crippen LogP contribution in [0, 0.1) is 23.5 Å². The van der Waals surface area contributed by atoms with E-state index < -0.39 is 56.6 Å². The van der Waals surface area contributed by atoms with Crippen molar-refractivity contribution in [1.29, 1.82) is 0 Å². The van der Waals surface area contributed by atoms with E-state index in [0.717, 1.165) is 16.8 Å². The van der Waals surface area contributed by atoms with Crippen LogP contribution in [0.3, 0.4) is 0 Å². The summed E-state index contributed by atoms with van der Waals surface area (Å²) >= 11 is 6.39. The van der Waals surface area contributed by atoms with Crippen LogP contribution in [0.1, 0.15) is 49.7 Å². The minimum absolute atomic E-state index is 0.00807. The predicted molar refractivity (Wildman–Crippen MR) is 165 cm³/mol. The highest BCUT2D eigenvalue weighted by Crippen LogP contribution is 2.40. The van der Waals surface area contributed by atoms with Crippen molar-refractivity contribution in [2.24, 2.45) is 0 Å². The number of sulfone groups is 1. The molecule has 0 radical (unpaired) electrons. The van der Waals surface area contributed by atoms with Crippen LogP contribution in [0.5, 0.6) is 0 Å². The smallest absolute Gasteiger partial charge is 0.405 e. The van der Waals surface area contributed by atoms with E-state index >= 15 is 0 Å². The van der Waals surface area contributed by atoms with Crippen LogP contribution < -0.4 is 11.1 Å². The van der Waals surface area contributed by atoms with E-state index in [4.69, 9.17) is 17.3 Å². The first kappa shape index (κ1) is 33.0. The average Bonchev–Trinajstić information content (AvgIpc) is 3.76. The zero-order valence-corrected chi connectivity index (χ0v) is 26.1. The molecule has 0 spiro atoms. The van der Waals surface area contributed by atoms with Crippen molar-refractivity contribution in [3.05, 3.63) is 76.1 Å². The fraction of sp³-hybridized carbons (Fsp3) is 0.323. The van der Waals surface area contributed by atoms with Crippen molar-refractivity contribution in [1.82, 2.24) is 20.1 Å². The molecule has 0 aliphatic heterocycles. The Balaban J connectivity index is 1.74. The maximum Gasteiger partial charge on any atom is 0.405 e. The van der Waals surface area contributed by atoms with Gasteiger partial charge in [-0.1, -0.05) is 23.6 Å². The fourth-order valence-corrected chi connectivity index (χ4v) is 7.27. The summed E-state index contributed by atoms with van der Waals surface area (Å²) in [7, 11) is -3.58. The maximum atomic E-state index is 14.1. The molecule has 9 nitrogen and oxygen atoms in total. The standard InChI is InChI=1S/C31H28ClF4N5O4S/c1-31(2,46(44,45)20-4-5-20)10-9-19-3-6-21(22-7-8-23(32)26-28(22)41(15-25(35)36)40-29(26)37)27(38-19)24(39-30(42)43)13-16-11-17(33)14-18(34)12-16/h3,6-8,11-12,14,20,24-25,39H,4-5,13,15H2,1-2H3,(H2,37,40)(H,42,43)/t24-/m0/s1. The van der Waals surface area contributed by atoms with Gasteiger partial charge in [0.15, 0.2) is 15.7 Å². The van der Waals surface area contributed by atoms with E-state index in [0.29, 0.717) is 18.9 Å². The van der Waals surface area contributed by atoms with Gasteiger partial charge in [-0.05, 0) is 74.9 Å². The Labute approximate surface area is 266 Å². The van der Waals surface area contributed by atoms with Gasteiger partial charge in [-0.25, -0.2) is 35.8 Å². The lowest BCUT2D eigenvalue weighted by Gasteiger charge is -2.21. The van der Waals surface area contributed by atoms with Gasteiger partial charge >= 0.3 is 6.09 Å². The number of alkyl halides is 2. The van der Waals surface area contributed by atoms with Gasteiger partial charge < -0.3 is 16.2 Å². The highest BCUT2D eigenvalue weighted by molar-refractivity contribution is 7.93. The minimum atomic E-state index is -3.58. The zero-order chi connectivity index (χ0) is 33.6. The molecular formula is C31H28ClF4N5O4S. The third-order valence-electron chi connectivity index (χ3n) is 7.55. The molecule has 15 heteroatoms. The Morgan fingerprint density at radius 3 is 2.41 bits per heavy atom. The zero-order valence-electron chi connectivity index (χ0n) is 24.5. The molecule has 0 saturated heterocycles. The SMILES string of the molecule is CC(C)(C#Cc1ccc(-c2ccc(Cl)c3c(N)nn(CC(F)F)c23)c([C@H](Cc2cc(F)cc(F)c2)NC(=O)O)n1)S(=O)(=O)C1CC1. The number of hydrogen-bond acceptors (Lipinski definition) is 6. The molecule has 5 rings (SSSR count). The van der Waals surface area contributed by atoms with Crippen molar-refractivity contribution >= 4 is 44.3 Å². The second-order valence-electron chi connectivity index (χ2n) is 11.4. The molecule has 2 aromatic heterocycles. The van der Waals surface area contributed by atoms with Gasteiger partial charge in [-0.3, -0.25) is 4.68 Å². The third-order valence-corrected chi connectivity index (χ3v) is 10.7. The molecule has 1 fully saturated rings. The summed E-state index contributed by atoms with van der Waals surface area (Å²) in [6, 6.07) is 7.42. The Bertz CT molecular complexity index is 2000. The van der Waals surface area contributed by atoms with E-state index in [9.17, 15) is 35.9 Å². The largest absolute Gasteiger partial charge is 0.465 e. The number of amides is 1. The van der Waals surface area contributed by atoms with Crippen LogP contribution in [0.25, 0.3) is 22.0 Å². The minimum Gasteiger partial charge on any atom is -0.465 e. The number of rotatable bonds is 9. The molecule has 4 aromatic rings. The molecule has 2 aromatic carbocycles. The lowest BCUT2D eigenvalue weighted by atomic mass is 9.94. The van der Waals surface area contributed by atoms with E-state index in [-0.39, 0.29) is 56.2 Å². The summed E-state index contributed by atoms with van der Waals surface area (Å²) in [4.78, 5) is 16.6. The van der Waals surface area contributed by atoms with Crippen LogP contribution in [-0.2, 0) is 22.8 Å². The number of pyridine rings is 1. The topological polar surface area (TPSA) is 140 Å². The lowest BCUT2D eigenvalue weighted by Crippen LogP contribution is -2.33. The van der Waals surface area contributed by atoms with Crippen molar-refractivity contribution in [3.63, 3.8) is 0 Å². The number of anilines is 1. The highest BCUT2D eigenvalue weighted by Gasteiger charge is 2.45. The number of carboxylic acid groups (broad SMARTS) is 1. The van der Waals surface area contributed by atoms with Gasteiger partial charge in [-0.2, -0.15) is 5.10 Å². The van der Waals surface area contributed by atoms with Gasteiger partial charge in [0.1, 0.15) is 28.6 Å². The Hall–Kier alpha value is -4.35. The number of carbonyl (C=O) groups is 1. The molecule has 2 heterocycles. The number of nitrogens with two attached hydrogens (primary N) is 1. The number of nitrogens with zero attached hydrogens (tertiary/aromatic N) is 3. The van der Waals surface area contributed by atoms with Crippen molar-refractivity contribution in [2.45, 2.75) is 62.1 Å². The summed E-state index contributed by atoms with van der Waals surface area (Å²) in [5.41, 5.74) is 6.81. The number of hydrogen-bond donors (Lipinski definition) is 3. The molecule has 1 aliphatic carbocycles. The maximum absolute atomic E-state index is 14.1. The van der Waals surface area contributed by atoms with Crippen molar-refractivity contribution < 1.29 is 35.9 Å². The van der Waals surface area contributed by atoms with Crippen LogP contribution in [0.4, 0.5) is 28.2 Å². The average molecular weight is 678 g/mol. The fourth-order valence-electron chi connectivity index (χ4n) is 5.24. The Morgan fingerprint density at radius 1 is 1.15 bits per heavy atom. The number of halogens is 5. The normalized spacial score (nSPS) is 14.3. The molecule has 1 amide bonds. The molecule has 1 atom stereocenters. The number of aromatic nitrogens is 3. The first-order chi connectivity index (χ1) is 21.6. The van der Waals surface area contributed by atoms with E-state index in [1.54, 1.807) is 0 Å². The number of benzene rings is 2. The van der Waals surface area contributed by atoms with Crippen molar-refractivity contribution in [2.75, 3.05) is 5.73 Å². The third kappa shape index (κ3) is 6.75. The molecule has 46 heavy (non-hydrogen) atoms. The number of fused-ring (bicyclic) bond motifs is 1. The molecule has 1 saturated carbocycles. The molecule has 1 aliphatic rings. The monoisotopic (exact) mass is 677 g/mol. The van der Waals surface area contributed by atoms with Crippen LogP contribution >= 0.6 is 11.6 Å². The summed E-state index contributed by atoms with van der Waals surface area (Å²) < 4.78 is 80.9. The van der Waals surface area contributed by atoms with E-state index in [1.807, 2.05) is 0 Å². The Morgan fingerprint density at radius 2 is 1.80 bits per heavy atom. The quantitative estimate of drug-likeness (QED) is 0.143.